The molecule has 3 aromatic rings. The van der Waals surface area contributed by atoms with E-state index in [-0.39, 0.29) is 0 Å². The molecule has 0 aliphatic heterocycles. The van der Waals surface area contributed by atoms with Gasteiger partial charge in [-0.25, -0.2) is 0 Å². The molecule has 2 N–H and O–H groups in total. The highest BCUT2D eigenvalue weighted by Crippen LogP contribution is 2.34. The average molecular weight is 303 g/mol. The van der Waals surface area contributed by atoms with Gasteiger partial charge in [0, 0.05) is 17.1 Å². The zero-order chi connectivity index (χ0) is 16.2. The summed E-state index contributed by atoms with van der Waals surface area (Å²) in [6.45, 7) is 2.07. The van der Waals surface area contributed by atoms with E-state index in [2.05, 4.69) is 42.2 Å². The number of rotatable bonds is 4. The van der Waals surface area contributed by atoms with Crippen LogP contribution < -0.4 is 10.4 Å². The fourth-order valence-electron chi connectivity index (χ4n) is 2.59. The molecule has 0 spiro atoms. The number of anilines is 3. The van der Waals surface area contributed by atoms with Gasteiger partial charge in [-0.1, -0.05) is 42.5 Å². The molecule has 23 heavy (non-hydrogen) atoms. The van der Waals surface area contributed by atoms with E-state index in [1.807, 2.05) is 36.4 Å². The van der Waals surface area contributed by atoms with Crippen molar-refractivity contribution in [3.05, 3.63) is 84.4 Å². The number of aryl methyl sites for hydroxylation is 1. The summed E-state index contributed by atoms with van der Waals surface area (Å²) >= 11 is 0. The summed E-state index contributed by atoms with van der Waals surface area (Å²) < 4.78 is 0. The van der Waals surface area contributed by atoms with E-state index >= 15 is 0 Å². The molecule has 3 rings (SSSR count). The highest BCUT2D eigenvalue weighted by molar-refractivity contribution is 6.58. The average Bonchev–Trinajstić information content (AvgIpc) is 2.57. The first-order valence-corrected chi connectivity index (χ1v) is 7.53. The molecule has 0 atom stereocenters. The Hall–Kier alpha value is -2.56. The lowest BCUT2D eigenvalue weighted by atomic mass is 9.80. The third kappa shape index (κ3) is 3.45. The van der Waals surface area contributed by atoms with Gasteiger partial charge in [-0.3, -0.25) is 0 Å². The normalized spacial score (nSPS) is 10.4. The Morgan fingerprint density at radius 3 is 1.91 bits per heavy atom. The van der Waals surface area contributed by atoms with E-state index in [0.717, 1.165) is 17.1 Å². The Bertz CT molecular complexity index is 773. The van der Waals surface area contributed by atoms with Gasteiger partial charge in [-0.05, 0) is 54.3 Å². The Kier molecular flexibility index (Phi) is 4.46. The highest BCUT2D eigenvalue weighted by atomic mass is 16.4. The van der Waals surface area contributed by atoms with Crippen LogP contribution in [-0.2, 0) is 0 Å². The summed E-state index contributed by atoms with van der Waals surface area (Å²) in [7, 11) is -1.45. The van der Waals surface area contributed by atoms with Crippen LogP contribution in [0.1, 0.15) is 5.56 Å². The SMILES string of the molecule is Cc1cccc(N(c2ccccc2)c2ccc(B(O)O)cc2)c1. The second-order valence-corrected chi connectivity index (χ2v) is 5.48. The van der Waals surface area contributed by atoms with Crippen molar-refractivity contribution in [1.29, 1.82) is 0 Å². The molecule has 0 fully saturated rings. The molecule has 0 amide bonds. The van der Waals surface area contributed by atoms with Crippen molar-refractivity contribution in [1.82, 2.24) is 0 Å². The number of nitrogens with zero attached hydrogens (tertiary/aromatic N) is 1. The van der Waals surface area contributed by atoms with Crippen molar-refractivity contribution in [3.63, 3.8) is 0 Å². The lowest BCUT2D eigenvalue weighted by molar-refractivity contribution is 0.426. The predicted molar refractivity (Wildman–Crippen MR) is 95.7 cm³/mol. The van der Waals surface area contributed by atoms with Crippen LogP contribution in [0.2, 0.25) is 0 Å². The molecule has 114 valence electrons. The van der Waals surface area contributed by atoms with Crippen molar-refractivity contribution in [3.8, 4) is 0 Å². The van der Waals surface area contributed by atoms with Gasteiger partial charge in [0.05, 0.1) is 0 Å². The second kappa shape index (κ2) is 6.69. The number of para-hydroxylation sites is 1. The molecule has 0 aromatic heterocycles. The molecule has 0 unspecified atom stereocenters. The summed E-state index contributed by atoms with van der Waals surface area (Å²) in [6.07, 6.45) is 0. The van der Waals surface area contributed by atoms with Crippen LogP contribution in [0, 0.1) is 6.92 Å². The first-order valence-electron chi connectivity index (χ1n) is 7.53. The molecule has 0 radical (unpaired) electrons. The molecule has 0 saturated heterocycles. The molecular formula is C19H18BNO2. The lowest BCUT2D eigenvalue weighted by Crippen LogP contribution is -2.29. The molecule has 4 heteroatoms. The van der Waals surface area contributed by atoms with Crippen LogP contribution in [0.25, 0.3) is 0 Å². The van der Waals surface area contributed by atoms with E-state index in [9.17, 15) is 10.0 Å². The van der Waals surface area contributed by atoms with E-state index in [0.29, 0.717) is 5.46 Å². The highest BCUT2D eigenvalue weighted by Gasteiger charge is 2.14. The maximum absolute atomic E-state index is 9.27. The van der Waals surface area contributed by atoms with Crippen molar-refractivity contribution < 1.29 is 10.0 Å². The van der Waals surface area contributed by atoms with Gasteiger partial charge in [0.15, 0.2) is 0 Å². The molecule has 0 aliphatic carbocycles. The fraction of sp³-hybridized carbons (Fsp3) is 0.0526. The van der Waals surface area contributed by atoms with Crippen molar-refractivity contribution in [2.45, 2.75) is 6.92 Å². The van der Waals surface area contributed by atoms with Crippen LogP contribution in [0.15, 0.2) is 78.9 Å². The van der Waals surface area contributed by atoms with E-state index in [1.54, 1.807) is 12.1 Å². The standard InChI is InChI=1S/C19H18BNO2/c1-15-6-5-9-19(14-15)21(17-7-3-2-4-8-17)18-12-10-16(11-13-18)20(22)23/h2-14,22-23H,1H3. The van der Waals surface area contributed by atoms with Gasteiger partial charge >= 0.3 is 7.12 Å². The molecule has 0 saturated carbocycles. The van der Waals surface area contributed by atoms with Gasteiger partial charge in [0.1, 0.15) is 0 Å². The predicted octanol–water partition coefficient (Wildman–Crippen LogP) is 3.14. The molecular weight excluding hydrogens is 285 g/mol. The topological polar surface area (TPSA) is 43.7 Å². The van der Waals surface area contributed by atoms with Crippen molar-refractivity contribution in [2.24, 2.45) is 0 Å². The minimum Gasteiger partial charge on any atom is -0.423 e. The smallest absolute Gasteiger partial charge is 0.423 e. The van der Waals surface area contributed by atoms with Gasteiger partial charge in [0.2, 0.25) is 0 Å². The summed E-state index contributed by atoms with van der Waals surface area (Å²) in [4.78, 5) is 2.14. The molecule has 0 heterocycles. The van der Waals surface area contributed by atoms with Gasteiger partial charge in [-0.15, -0.1) is 0 Å². The third-order valence-corrected chi connectivity index (χ3v) is 3.72. The number of hydrogen-bond acceptors (Lipinski definition) is 3. The minimum atomic E-state index is -1.45. The summed E-state index contributed by atoms with van der Waals surface area (Å²) in [5.74, 6) is 0. The van der Waals surface area contributed by atoms with Crippen LogP contribution in [0.4, 0.5) is 17.1 Å². The van der Waals surface area contributed by atoms with Gasteiger partial charge in [0.25, 0.3) is 0 Å². The maximum Gasteiger partial charge on any atom is 0.488 e. The summed E-state index contributed by atoms with van der Waals surface area (Å²) in [5, 5.41) is 18.5. The minimum absolute atomic E-state index is 0.478. The third-order valence-electron chi connectivity index (χ3n) is 3.72. The molecule has 3 nitrogen and oxygen atoms in total. The van der Waals surface area contributed by atoms with E-state index < -0.39 is 7.12 Å². The molecule has 0 bridgehead atoms. The van der Waals surface area contributed by atoms with E-state index in [1.165, 1.54) is 5.56 Å². The zero-order valence-corrected chi connectivity index (χ0v) is 12.9. The first kappa shape index (κ1) is 15.3. The van der Waals surface area contributed by atoms with Crippen LogP contribution in [0.3, 0.4) is 0 Å². The molecule has 0 aliphatic rings. The Morgan fingerprint density at radius 2 is 1.30 bits per heavy atom. The van der Waals surface area contributed by atoms with E-state index in [4.69, 9.17) is 0 Å². The molecule has 3 aromatic carbocycles. The van der Waals surface area contributed by atoms with Crippen LogP contribution in [0.5, 0.6) is 0 Å². The lowest BCUT2D eigenvalue weighted by Gasteiger charge is -2.26. The van der Waals surface area contributed by atoms with Crippen molar-refractivity contribution in [2.75, 3.05) is 4.90 Å². The number of benzene rings is 3. The summed E-state index contributed by atoms with van der Waals surface area (Å²) in [5.41, 5.74) is 4.74. The van der Waals surface area contributed by atoms with Gasteiger partial charge < -0.3 is 14.9 Å². The second-order valence-electron chi connectivity index (χ2n) is 5.48. The van der Waals surface area contributed by atoms with Crippen LogP contribution in [-0.4, -0.2) is 17.2 Å². The Morgan fingerprint density at radius 1 is 0.696 bits per heavy atom. The largest absolute Gasteiger partial charge is 0.488 e. The van der Waals surface area contributed by atoms with Gasteiger partial charge in [-0.2, -0.15) is 0 Å². The fourth-order valence-corrected chi connectivity index (χ4v) is 2.59. The monoisotopic (exact) mass is 303 g/mol. The van der Waals surface area contributed by atoms with Crippen LogP contribution >= 0.6 is 0 Å². The quantitative estimate of drug-likeness (QED) is 0.728. The summed E-state index contributed by atoms with van der Waals surface area (Å²) in [6, 6.07) is 25.6. The zero-order valence-electron chi connectivity index (χ0n) is 12.9. The Labute approximate surface area is 136 Å². The Balaban J connectivity index is 2.08. The number of hydrogen-bond donors (Lipinski definition) is 2. The maximum atomic E-state index is 9.27. The first-order chi connectivity index (χ1) is 11.1. The van der Waals surface area contributed by atoms with Crippen molar-refractivity contribution >= 4 is 29.6 Å².